The van der Waals surface area contributed by atoms with Gasteiger partial charge in [0.25, 0.3) is 6.47 Å². The summed E-state index contributed by atoms with van der Waals surface area (Å²) in [5.41, 5.74) is 2.53. The van der Waals surface area contributed by atoms with Gasteiger partial charge < -0.3 is 20.4 Å². The molecule has 4 heterocycles. The van der Waals surface area contributed by atoms with E-state index in [0.717, 1.165) is 54.8 Å². The van der Waals surface area contributed by atoms with E-state index in [0.29, 0.717) is 29.5 Å². The van der Waals surface area contributed by atoms with Gasteiger partial charge in [-0.05, 0) is 52.6 Å². The summed E-state index contributed by atoms with van der Waals surface area (Å²) in [4.78, 5) is 24.7. The third-order valence-corrected chi connectivity index (χ3v) is 6.61. The van der Waals surface area contributed by atoms with Gasteiger partial charge in [0.05, 0.1) is 16.9 Å². The van der Waals surface area contributed by atoms with Crippen molar-refractivity contribution in [2.24, 2.45) is 0 Å². The number of aromatic nitrogens is 3. The lowest BCUT2D eigenvalue weighted by molar-refractivity contribution is -0.138. The molecule has 0 spiro atoms. The Kier molecular flexibility index (Phi) is 8.26. The Hall–Kier alpha value is -2.68. The van der Waals surface area contributed by atoms with E-state index >= 15 is 0 Å². The predicted octanol–water partition coefficient (Wildman–Crippen LogP) is 4.47. The minimum Gasteiger partial charge on any atom is -0.462 e. The molecule has 2 aromatic heterocycles. The van der Waals surface area contributed by atoms with E-state index in [1.54, 1.807) is 6.20 Å². The molecule has 1 aromatic carbocycles. The number of benzene rings is 1. The maximum absolute atomic E-state index is 9.60. The van der Waals surface area contributed by atoms with Crippen LogP contribution in [0.15, 0.2) is 36.7 Å². The van der Waals surface area contributed by atoms with Gasteiger partial charge in [0, 0.05) is 54.4 Å². The summed E-state index contributed by atoms with van der Waals surface area (Å²) >= 11 is 6.45. The number of para-hydroxylation sites is 1. The fraction of sp³-hybridized carbons (Fsp3) is 0.500. The first-order chi connectivity index (χ1) is 16.8. The van der Waals surface area contributed by atoms with E-state index in [1.165, 1.54) is 12.8 Å². The zero-order valence-electron chi connectivity index (χ0n) is 20.7. The number of carbonyl (C=O) groups excluding carboxylic acids is 1. The lowest BCUT2D eigenvalue weighted by Gasteiger charge is -2.31. The van der Waals surface area contributed by atoms with E-state index < -0.39 is 0 Å². The molecule has 8 nitrogen and oxygen atoms in total. The quantitative estimate of drug-likeness (QED) is 0.446. The number of likely N-dealkylation sites (tertiary alicyclic amines) is 1. The number of H-pyrrole nitrogens is 1. The number of nitrogens with zero attached hydrogens (tertiary/aromatic N) is 3. The van der Waals surface area contributed by atoms with Crippen molar-refractivity contribution in [3.05, 3.63) is 41.7 Å². The van der Waals surface area contributed by atoms with Crippen LogP contribution in [-0.4, -0.2) is 70.2 Å². The smallest absolute Gasteiger partial charge is 0.293 e. The highest BCUT2D eigenvalue weighted by molar-refractivity contribution is 6.33. The first-order valence-corrected chi connectivity index (χ1v) is 12.6. The number of nitrogens with one attached hydrogen (secondary N) is 3. The summed E-state index contributed by atoms with van der Waals surface area (Å²) in [5, 5.41) is 8.73. The van der Waals surface area contributed by atoms with Crippen LogP contribution in [0, 0.1) is 0 Å². The molecule has 2 atom stereocenters. The van der Waals surface area contributed by atoms with E-state index in [9.17, 15) is 4.79 Å². The van der Waals surface area contributed by atoms with Crippen LogP contribution in [0.5, 0.6) is 0 Å². The normalized spacial score (nSPS) is 20.8. The second-order valence-corrected chi connectivity index (χ2v) is 10.5. The molecule has 5 rings (SSSR count). The second-order valence-electron chi connectivity index (χ2n) is 10.1. The van der Waals surface area contributed by atoms with Crippen molar-refractivity contribution in [1.82, 2.24) is 25.2 Å². The number of ether oxygens (including phenoxy) is 1. The Morgan fingerprint density at radius 1 is 1.26 bits per heavy atom. The van der Waals surface area contributed by atoms with Crippen molar-refractivity contribution in [3.8, 4) is 11.3 Å². The van der Waals surface area contributed by atoms with Crippen LogP contribution < -0.4 is 10.6 Å². The Balaban J connectivity index is 0.000000364. The number of piperidine rings is 1. The lowest BCUT2D eigenvalue weighted by atomic mass is 10.1. The number of halogens is 1. The second kappa shape index (κ2) is 11.4. The number of fused-ring (bicyclic) bond motifs is 1. The summed E-state index contributed by atoms with van der Waals surface area (Å²) in [5.74, 6) is 0.651. The van der Waals surface area contributed by atoms with Gasteiger partial charge in [0.15, 0.2) is 0 Å². The summed E-state index contributed by atoms with van der Waals surface area (Å²) < 4.78 is 4.55. The molecule has 0 saturated carbocycles. The van der Waals surface area contributed by atoms with Crippen molar-refractivity contribution < 1.29 is 9.53 Å². The third kappa shape index (κ3) is 6.72. The van der Waals surface area contributed by atoms with Crippen LogP contribution in [0.4, 0.5) is 5.95 Å². The molecule has 188 valence electrons. The number of hydrogen-bond acceptors (Lipinski definition) is 7. The van der Waals surface area contributed by atoms with E-state index in [1.807, 2.05) is 39.1 Å². The van der Waals surface area contributed by atoms with Gasteiger partial charge in [-0.2, -0.15) is 0 Å². The molecule has 9 heteroatoms. The molecular formula is C26H35ClN6O2. The molecule has 3 aromatic rings. The molecule has 2 aliphatic heterocycles. The van der Waals surface area contributed by atoms with Gasteiger partial charge >= 0.3 is 0 Å². The van der Waals surface area contributed by atoms with Crippen LogP contribution in [0.25, 0.3) is 22.2 Å². The fourth-order valence-corrected chi connectivity index (χ4v) is 4.79. The molecule has 2 fully saturated rings. The van der Waals surface area contributed by atoms with Crippen LogP contribution >= 0.6 is 11.6 Å². The highest BCUT2D eigenvalue weighted by atomic mass is 35.5. The molecule has 2 aliphatic rings. The monoisotopic (exact) mass is 498 g/mol. The van der Waals surface area contributed by atoms with E-state index in [2.05, 4.69) is 42.4 Å². The summed E-state index contributed by atoms with van der Waals surface area (Å²) in [6.45, 7) is 10.4. The van der Waals surface area contributed by atoms with Crippen molar-refractivity contribution in [1.29, 1.82) is 0 Å². The maximum Gasteiger partial charge on any atom is 0.293 e. The minimum atomic E-state index is -0.318. The summed E-state index contributed by atoms with van der Waals surface area (Å²) in [6.07, 6.45) is 7.35. The average Bonchev–Trinajstić information content (AvgIpc) is 3.48. The molecule has 35 heavy (non-hydrogen) atoms. The first kappa shape index (κ1) is 25.4. The zero-order valence-corrected chi connectivity index (χ0v) is 21.4. The van der Waals surface area contributed by atoms with Gasteiger partial charge in [-0.1, -0.05) is 29.8 Å². The van der Waals surface area contributed by atoms with Crippen molar-refractivity contribution >= 4 is 34.9 Å². The maximum atomic E-state index is 9.60. The third-order valence-electron chi connectivity index (χ3n) is 6.33. The van der Waals surface area contributed by atoms with Crippen LogP contribution in [0.1, 0.15) is 40.0 Å². The SMILES string of the molecule is CC(C)(C)OC=O.Clc1cnc(NC2CCN(C3CCCNC3)C2)nc1-c1c[nH]c2ccccc12. The Morgan fingerprint density at radius 2 is 2.09 bits per heavy atom. The average molecular weight is 499 g/mol. The van der Waals surface area contributed by atoms with Gasteiger partial charge in [-0.3, -0.25) is 9.69 Å². The molecule has 0 aliphatic carbocycles. The Morgan fingerprint density at radius 3 is 2.80 bits per heavy atom. The Labute approximate surface area is 211 Å². The van der Waals surface area contributed by atoms with E-state index in [4.69, 9.17) is 16.6 Å². The lowest BCUT2D eigenvalue weighted by Crippen LogP contribution is -2.45. The Bertz CT molecular complexity index is 1120. The number of anilines is 1. The highest BCUT2D eigenvalue weighted by Gasteiger charge is 2.29. The number of hydrogen-bond donors (Lipinski definition) is 3. The van der Waals surface area contributed by atoms with Gasteiger partial charge in [-0.15, -0.1) is 0 Å². The van der Waals surface area contributed by atoms with Gasteiger partial charge in [0.2, 0.25) is 5.95 Å². The largest absolute Gasteiger partial charge is 0.462 e. The van der Waals surface area contributed by atoms with Crippen molar-refractivity contribution in [2.45, 2.75) is 57.7 Å². The predicted molar refractivity (Wildman–Crippen MR) is 141 cm³/mol. The zero-order chi connectivity index (χ0) is 24.8. The molecule has 2 unspecified atom stereocenters. The van der Waals surface area contributed by atoms with E-state index in [-0.39, 0.29) is 5.60 Å². The molecular weight excluding hydrogens is 464 g/mol. The van der Waals surface area contributed by atoms with Crippen LogP contribution in [0.3, 0.4) is 0 Å². The fourth-order valence-electron chi connectivity index (χ4n) is 4.60. The number of carbonyl (C=O) groups is 1. The molecule has 0 amide bonds. The van der Waals surface area contributed by atoms with Crippen LogP contribution in [0.2, 0.25) is 5.02 Å². The van der Waals surface area contributed by atoms with Gasteiger partial charge in [0.1, 0.15) is 5.60 Å². The van der Waals surface area contributed by atoms with Crippen LogP contribution in [-0.2, 0) is 9.53 Å². The summed E-state index contributed by atoms with van der Waals surface area (Å²) in [6, 6.07) is 9.22. The standard InChI is InChI=1S/C21H25ClN6.C5H10O2/c22-18-12-25-21(26-14-7-9-28(13-14)15-4-3-8-23-10-15)27-20(18)17-11-24-19-6-2-1-5-16(17)19;1-5(2,3)7-4-6/h1-2,5-6,11-12,14-15,23-24H,3-4,7-10,13H2,(H,25,26,27);4H,1-3H3. The molecule has 0 radical (unpaired) electrons. The summed E-state index contributed by atoms with van der Waals surface area (Å²) in [7, 11) is 0. The molecule has 0 bridgehead atoms. The van der Waals surface area contributed by atoms with Crippen molar-refractivity contribution in [2.75, 3.05) is 31.5 Å². The topological polar surface area (TPSA) is 95.2 Å². The number of rotatable bonds is 5. The minimum absolute atomic E-state index is 0.318. The van der Waals surface area contributed by atoms with Gasteiger partial charge in [-0.25, -0.2) is 9.97 Å². The first-order valence-electron chi connectivity index (χ1n) is 12.3. The number of aromatic amines is 1. The molecule has 3 N–H and O–H groups in total. The highest BCUT2D eigenvalue weighted by Crippen LogP contribution is 2.32. The molecule has 2 saturated heterocycles. The van der Waals surface area contributed by atoms with Crippen molar-refractivity contribution in [3.63, 3.8) is 0 Å².